The summed E-state index contributed by atoms with van der Waals surface area (Å²) in [5.74, 6) is 0.0601. The fourth-order valence-corrected chi connectivity index (χ4v) is 2.40. The van der Waals surface area contributed by atoms with E-state index < -0.39 is 0 Å². The first kappa shape index (κ1) is 12.3. The Balaban J connectivity index is 1.87. The molecule has 2 aliphatic rings. The summed E-state index contributed by atoms with van der Waals surface area (Å²) in [5.41, 5.74) is 0. The number of hydrogen-bond donors (Lipinski definition) is 1. The number of amides is 1. The van der Waals surface area contributed by atoms with Crippen LogP contribution in [0.3, 0.4) is 0 Å². The zero-order chi connectivity index (χ0) is 12.1. The number of nitriles is 1. The van der Waals surface area contributed by atoms with E-state index in [4.69, 9.17) is 10.00 Å². The average Bonchev–Trinajstić information content (AvgIpc) is 2.40. The molecular weight excluding hydrogens is 218 g/mol. The number of carbonyl (C=O) groups excluding carboxylic acids is 1. The van der Waals surface area contributed by atoms with Crippen molar-refractivity contribution >= 4 is 5.91 Å². The Morgan fingerprint density at radius 1 is 1.53 bits per heavy atom. The van der Waals surface area contributed by atoms with Gasteiger partial charge >= 0.3 is 0 Å². The maximum Gasteiger partial charge on any atom is 0.226 e. The van der Waals surface area contributed by atoms with Crippen LogP contribution >= 0.6 is 0 Å². The molecule has 2 fully saturated rings. The largest absolute Gasteiger partial charge is 0.378 e. The number of carbonyl (C=O) groups is 1. The van der Waals surface area contributed by atoms with Crippen LogP contribution in [-0.4, -0.2) is 49.2 Å². The molecule has 0 aromatic rings. The topological polar surface area (TPSA) is 65.4 Å². The molecule has 0 bridgehead atoms. The van der Waals surface area contributed by atoms with E-state index in [-0.39, 0.29) is 18.1 Å². The predicted octanol–water partition coefficient (Wildman–Crippen LogP) is 0.270. The van der Waals surface area contributed by atoms with Crippen LogP contribution in [0, 0.1) is 11.3 Å². The molecule has 0 aromatic heterocycles. The van der Waals surface area contributed by atoms with Crippen molar-refractivity contribution in [2.45, 2.75) is 37.8 Å². The van der Waals surface area contributed by atoms with Crippen LogP contribution in [0.1, 0.15) is 25.7 Å². The lowest BCUT2D eigenvalue weighted by molar-refractivity contribution is -0.137. The van der Waals surface area contributed by atoms with Gasteiger partial charge in [-0.2, -0.15) is 5.26 Å². The predicted molar refractivity (Wildman–Crippen MR) is 62.2 cm³/mol. The molecule has 0 aromatic carbocycles. The molecule has 94 valence electrons. The first-order valence-electron chi connectivity index (χ1n) is 6.32. The van der Waals surface area contributed by atoms with Gasteiger partial charge in [0, 0.05) is 26.2 Å². The Labute approximate surface area is 102 Å². The van der Waals surface area contributed by atoms with Gasteiger partial charge in [0.25, 0.3) is 0 Å². The fraction of sp³-hybridized carbons (Fsp3) is 0.833. The van der Waals surface area contributed by atoms with E-state index >= 15 is 0 Å². The number of rotatable bonds is 2. The summed E-state index contributed by atoms with van der Waals surface area (Å²) in [5, 5.41) is 12.1. The second kappa shape index (κ2) is 5.99. The third kappa shape index (κ3) is 3.18. The minimum Gasteiger partial charge on any atom is -0.378 e. The summed E-state index contributed by atoms with van der Waals surface area (Å²) in [6, 6.07) is 1.85. The maximum absolute atomic E-state index is 12.1. The van der Waals surface area contributed by atoms with E-state index in [1.165, 1.54) is 0 Å². The third-order valence-electron chi connectivity index (χ3n) is 3.39. The van der Waals surface area contributed by atoms with Crippen molar-refractivity contribution in [3.8, 4) is 6.07 Å². The second-order valence-electron chi connectivity index (χ2n) is 4.63. The first-order chi connectivity index (χ1) is 8.31. The molecule has 0 aliphatic carbocycles. The van der Waals surface area contributed by atoms with Gasteiger partial charge in [-0.25, -0.2) is 0 Å². The molecule has 2 rings (SSSR count). The van der Waals surface area contributed by atoms with Gasteiger partial charge in [-0.05, 0) is 19.3 Å². The highest BCUT2D eigenvalue weighted by atomic mass is 16.5. The van der Waals surface area contributed by atoms with Crippen LogP contribution in [0.25, 0.3) is 0 Å². The van der Waals surface area contributed by atoms with Crippen LogP contribution in [0.15, 0.2) is 0 Å². The van der Waals surface area contributed by atoms with Gasteiger partial charge in [-0.3, -0.25) is 4.79 Å². The Morgan fingerprint density at radius 2 is 2.41 bits per heavy atom. The van der Waals surface area contributed by atoms with Gasteiger partial charge in [0.05, 0.1) is 18.6 Å². The number of nitrogens with one attached hydrogen (secondary N) is 1. The molecule has 0 saturated carbocycles. The summed E-state index contributed by atoms with van der Waals surface area (Å²) in [7, 11) is 0. The third-order valence-corrected chi connectivity index (χ3v) is 3.39. The molecule has 1 amide bonds. The molecule has 2 saturated heterocycles. The summed E-state index contributed by atoms with van der Waals surface area (Å²) in [6.07, 6.45) is 3.69. The van der Waals surface area contributed by atoms with E-state index in [1.54, 1.807) is 4.90 Å². The van der Waals surface area contributed by atoms with Crippen molar-refractivity contribution in [3.63, 3.8) is 0 Å². The van der Waals surface area contributed by atoms with Crippen molar-refractivity contribution in [2.24, 2.45) is 0 Å². The van der Waals surface area contributed by atoms with Crippen LogP contribution < -0.4 is 5.32 Å². The molecule has 0 spiro atoms. The molecule has 17 heavy (non-hydrogen) atoms. The minimum absolute atomic E-state index is 0.0601. The second-order valence-corrected chi connectivity index (χ2v) is 4.63. The highest BCUT2D eigenvalue weighted by Gasteiger charge is 2.28. The Kier molecular flexibility index (Phi) is 4.35. The van der Waals surface area contributed by atoms with Gasteiger partial charge in [-0.1, -0.05) is 0 Å². The zero-order valence-corrected chi connectivity index (χ0v) is 10.0. The monoisotopic (exact) mass is 237 g/mol. The Hall–Kier alpha value is -1.12. The number of ether oxygens (including phenoxy) is 1. The van der Waals surface area contributed by atoms with Crippen LogP contribution in [0.2, 0.25) is 0 Å². The lowest BCUT2D eigenvalue weighted by Gasteiger charge is -2.33. The molecule has 2 unspecified atom stereocenters. The van der Waals surface area contributed by atoms with Crippen LogP contribution in [0.4, 0.5) is 0 Å². The van der Waals surface area contributed by atoms with Crippen molar-refractivity contribution in [2.75, 3.05) is 26.2 Å². The van der Waals surface area contributed by atoms with E-state index in [0.717, 1.165) is 32.4 Å². The average molecular weight is 237 g/mol. The molecular formula is C12H19N3O2. The van der Waals surface area contributed by atoms with E-state index in [1.807, 2.05) is 0 Å². The number of nitrogens with zero attached hydrogens (tertiary/aromatic N) is 2. The van der Waals surface area contributed by atoms with E-state index in [9.17, 15) is 4.79 Å². The normalized spacial score (nSPS) is 29.7. The molecule has 1 N–H and O–H groups in total. The zero-order valence-electron chi connectivity index (χ0n) is 10.0. The quantitative estimate of drug-likeness (QED) is 0.748. The molecule has 0 radical (unpaired) electrons. The Morgan fingerprint density at radius 3 is 3.12 bits per heavy atom. The van der Waals surface area contributed by atoms with Crippen molar-refractivity contribution < 1.29 is 9.53 Å². The number of hydrogen-bond acceptors (Lipinski definition) is 4. The standard InChI is InChI=1S/C12H19N3O2/c13-8-10-9-14-4-5-15(10)12(16)7-11-3-1-2-6-17-11/h10-11,14H,1-7,9H2. The lowest BCUT2D eigenvalue weighted by atomic mass is 10.0. The molecule has 2 atom stereocenters. The molecule has 2 heterocycles. The SMILES string of the molecule is N#CC1CNCCN1C(=O)CC1CCCCO1. The van der Waals surface area contributed by atoms with Gasteiger partial charge in [-0.15, -0.1) is 0 Å². The molecule has 5 nitrogen and oxygen atoms in total. The van der Waals surface area contributed by atoms with Crippen molar-refractivity contribution in [1.82, 2.24) is 10.2 Å². The van der Waals surface area contributed by atoms with Gasteiger partial charge in [0.1, 0.15) is 6.04 Å². The lowest BCUT2D eigenvalue weighted by Crippen LogP contribution is -2.53. The Bertz CT molecular complexity index is 307. The highest BCUT2D eigenvalue weighted by molar-refractivity contribution is 5.77. The van der Waals surface area contributed by atoms with Crippen LogP contribution in [-0.2, 0) is 9.53 Å². The highest BCUT2D eigenvalue weighted by Crippen LogP contribution is 2.17. The molecule has 2 aliphatic heterocycles. The summed E-state index contributed by atoms with van der Waals surface area (Å²) in [4.78, 5) is 13.8. The molecule has 5 heteroatoms. The van der Waals surface area contributed by atoms with Gasteiger partial charge in [0.2, 0.25) is 5.91 Å². The summed E-state index contributed by atoms with van der Waals surface area (Å²) < 4.78 is 5.56. The van der Waals surface area contributed by atoms with Gasteiger partial charge < -0.3 is 15.0 Å². The smallest absolute Gasteiger partial charge is 0.226 e. The van der Waals surface area contributed by atoms with Crippen molar-refractivity contribution in [1.29, 1.82) is 5.26 Å². The van der Waals surface area contributed by atoms with E-state index in [2.05, 4.69) is 11.4 Å². The van der Waals surface area contributed by atoms with E-state index in [0.29, 0.717) is 19.5 Å². The minimum atomic E-state index is -0.320. The first-order valence-corrected chi connectivity index (χ1v) is 6.32. The fourth-order valence-electron chi connectivity index (χ4n) is 2.40. The van der Waals surface area contributed by atoms with Gasteiger partial charge in [0.15, 0.2) is 0 Å². The number of piperazine rings is 1. The summed E-state index contributed by atoms with van der Waals surface area (Å²) in [6.45, 7) is 2.74. The maximum atomic E-state index is 12.1. The summed E-state index contributed by atoms with van der Waals surface area (Å²) >= 11 is 0. The van der Waals surface area contributed by atoms with Crippen LogP contribution in [0.5, 0.6) is 0 Å². The van der Waals surface area contributed by atoms with Crippen molar-refractivity contribution in [3.05, 3.63) is 0 Å².